The molecule has 0 N–H and O–H groups in total. The van der Waals surface area contributed by atoms with E-state index in [0.29, 0.717) is 17.7 Å². The number of hydrogen-bond donors (Lipinski definition) is 0. The lowest BCUT2D eigenvalue weighted by Gasteiger charge is -2.55. The molecule has 1 aliphatic carbocycles. The lowest BCUT2D eigenvalue weighted by molar-refractivity contribution is -0.131. The summed E-state index contributed by atoms with van der Waals surface area (Å²) in [5.74, 6) is 0.902. The van der Waals surface area contributed by atoms with Gasteiger partial charge in [0, 0.05) is 18.4 Å². The number of likely N-dealkylation sites (tertiary alicyclic amines) is 1. The number of nitrogens with zero attached hydrogens (tertiary/aromatic N) is 1. The average Bonchev–Trinajstić information content (AvgIpc) is 2.60. The van der Waals surface area contributed by atoms with Crippen molar-refractivity contribution in [3.63, 3.8) is 0 Å². The maximum Gasteiger partial charge on any atom is 0.308 e. The molecule has 2 aromatic carbocycles. The van der Waals surface area contributed by atoms with E-state index >= 15 is 0 Å². The molecule has 2 aliphatic rings. The van der Waals surface area contributed by atoms with Gasteiger partial charge in [-0.05, 0) is 61.2 Å². The second kappa shape index (κ2) is 5.99. The molecule has 3 unspecified atom stereocenters. The third kappa shape index (κ3) is 2.49. The molecule has 130 valence electrons. The van der Waals surface area contributed by atoms with Crippen molar-refractivity contribution in [2.45, 2.75) is 38.1 Å². The Hall–Kier alpha value is -2.13. The van der Waals surface area contributed by atoms with Crippen LogP contribution in [0.5, 0.6) is 5.75 Å². The number of rotatable bonds is 2. The van der Waals surface area contributed by atoms with Crippen LogP contribution in [-0.2, 0) is 16.6 Å². The fourth-order valence-corrected chi connectivity index (χ4v) is 5.07. The van der Waals surface area contributed by atoms with Crippen molar-refractivity contribution in [2.24, 2.45) is 5.92 Å². The molecule has 1 aliphatic heterocycles. The molecule has 3 atom stereocenters. The third-order valence-electron chi connectivity index (χ3n) is 6.32. The van der Waals surface area contributed by atoms with Crippen molar-refractivity contribution in [1.82, 2.24) is 4.90 Å². The number of carbonyl (C=O) groups is 1. The van der Waals surface area contributed by atoms with Crippen LogP contribution in [0.25, 0.3) is 0 Å². The zero-order valence-corrected chi connectivity index (χ0v) is 15.2. The summed E-state index contributed by atoms with van der Waals surface area (Å²) in [5, 5.41) is 0. The SMILES string of the molecule is CC(=O)Oc1ccc2c(c1)C1(c3ccccc3)CCN(C)C(C2)C1C. The molecule has 0 saturated carbocycles. The Kier molecular flexibility index (Phi) is 3.92. The molecular weight excluding hydrogens is 310 g/mol. The molecule has 4 rings (SSSR count). The highest BCUT2D eigenvalue weighted by Crippen LogP contribution is 2.53. The number of fused-ring (bicyclic) bond motifs is 4. The summed E-state index contributed by atoms with van der Waals surface area (Å²) in [5.41, 5.74) is 4.09. The van der Waals surface area contributed by atoms with E-state index in [1.165, 1.54) is 23.6 Å². The fraction of sp³-hybridized carbons (Fsp3) is 0.409. The highest BCUT2D eigenvalue weighted by atomic mass is 16.5. The van der Waals surface area contributed by atoms with Crippen molar-refractivity contribution >= 4 is 5.97 Å². The number of ether oxygens (including phenoxy) is 1. The van der Waals surface area contributed by atoms with E-state index in [-0.39, 0.29) is 11.4 Å². The smallest absolute Gasteiger partial charge is 0.308 e. The molecule has 1 heterocycles. The number of esters is 1. The number of carbonyl (C=O) groups excluding carboxylic acids is 1. The van der Waals surface area contributed by atoms with Crippen LogP contribution >= 0.6 is 0 Å². The monoisotopic (exact) mass is 335 g/mol. The molecular formula is C22H25NO2. The van der Waals surface area contributed by atoms with Crippen LogP contribution in [0.4, 0.5) is 0 Å². The molecule has 2 bridgehead atoms. The van der Waals surface area contributed by atoms with Gasteiger partial charge in [0.15, 0.2) is 0 Å². The summed E-state index contributed by atoms with van der Waals surface area (Å²) >= 11 is 0. The van der Waals surface area contributed by atoms with E-state index in [4.69, 9.17) is 4.74 Å². The second-order valence-corrected chi connectivity index (χ2v) is 7.54. The number of piperidine rings is 1. The van der Waals surface area contributed by atoms with Crippen LogP contribution in [0.2, 0.25) is 0 Å². The molecule has 0 radical (unpaired) electrons. The topological polar surface area (TPSA) is 29.5 Å². The third-order valence-corrected chi connectivity index (χ3v) is 6.32. The number of hydrogen-bond acceptors (Lipinski definition) is 3. The first-order valence-electron chi connectivity index (χ1n) is 9.10. The maximum absolute atomic E-state index is 11.4. The molecule has 0 spiro atoms. The summed E-state index contributed by atoms with van der Waals surface area (Å²) in [7, 11) is 2.24. The Morgan fingerprint density at radius 1 is 1.20 bits per heavy atom. The lowest BCUT2D eigenvalue weighted by Crippen LogP contribution is -2.58. The van der Waals surface area contributed by atoms with Crippen molar-refractivity contribution in [1.29, 1.82) is 0 Å². The van der Waals surface area contributed by atoms with Gasteiger partial charge in [0.1, 0.15) is 5.75 Å². The van der Waals surface area contributed by atoms with Gasteiger partial charge in [-0.25, -0.2) is 0 Å². The van der Waals surface area contributed by atoms with E-state index in [1.54, 1.807) is 0 Å². The summed E-state index contributed by atoms with van der Waals surface area (Å²) in [6.45, 7) is 4.93. The van der Waals surface area contributed by atoms with Gasteiger partial charge >= 0.3 is 5.97 Å². The van der Waals surface area contributed by atoms with Gasteiger partial charge < -0.3 is 9.64 Å². The Bertz CT molecular complexity index is 801. The van der Waals surface area contributed by atoms with Gasteiger partial charge in [-0.2, -0.15) is 0 Å². The molecule has 1 fully saturated rings. The fourth-order valence-electron chi connectivity index (χ4n) is 5.07. The number of likely N-dealkylation sites (N-methyl/N-ethyl adjacent to an activating group) is 1. The molecule has 25 heavy (non-hydrogen) atoms. The molecule has 2 aromatic rings. The maximum atomic E-state index is 11.4. The van der Waals surface area contributed by atoms with Gasteiger partial charge in [-0.1, -0.05) is 43.3 Å². The predicted octanol–water partition coefficient (Wildman–Crippen LogP) is 3.79. The minimum atomic E-state index is -0.265. The van der Waals surface area contributed by atoms with Crippen molar-refractivity contribution in [3.05, 3.63) is 65.2 Å². The van der Waals surface area contributed by atoms with E-state index in [2.05, 4.69) is 61.3 Å². The zero-order valence-electron chi connectivity index (χ0n) is 15.2. The summed E-state index contributed by atoms with van der Waals surface area (Å²) in [4.78, 5) is 13.9. The Morgan fingerprint density at radius 3 is 2.68 bits per heavy atom. The minimum Gasteiger partial charge on any atom is -0.427 e. The van der Waals surface area contributed by atoms with Crippen molar-refractivity contribution in [2.75, 3.05) is 13.6 Å². The van der Waals surface area contributed by atoms with E-state index in [0.717, 1.165) is 19.4 Å². The Balaban J connectivity index is 1.93. The van der Waals surface area contributed by atoms with Gasteiger partial charge in [-0.3, -0.25) is 4.79 Å². The Labute approximate surface area is 149 Å². The van der Waals surface area contributed by atoms with Crippen LogP contribution in [0.1, 0.15) is 37.0 Å². The van der Waals surface area contributed by atoms with E-state index in [1.807, 2.05) is 6.07 Å². The van der Waals surface area contributed by atoms with Crippen LogP contribution < -0.4 is 4.74 Å². The summed E-state index contributed by atoms with van der Waals surface area (Å²) in [6, 6.07) is 17.6. The standard InChI is InChI=1S/C22H25NO2/c1-15-21-13-17-9-10-19(25-16(2)24)14-20(17)22(15,11-12-23(21)3)18-7-5-4-6-8-18/h4-10,14-15,21H,11-13H2,1-3H3. The quantitative estimate of drug-likeness (QED) is 0.618. The van der Waals surface area contributed by atoms with Gasteiger partial charge in [0.05, 0.1) is 0 Å². The highest BCUT2D eigenvalue weighted by Gasteiger charge is 2.51. The van der Waals surface area contributed by atoms with Crippen LogP contribution in [0, 0.1) is 5.92 Å². The average molecular weight is 335 g/mol. The predicted molar refractivity (Wildman–Crippen MR) is 98.9 cm³/mol. The van der Waals surface area contributed by atoms with Crippen molar-refractivity contribution in [3.8, 4) is 5.75 Å². The normalized spacial score (nSPS) is 28.3. The van der Waals surface area contributed by atoms with Gasteiger partial charge in [-0.15, -0.1) is 0 Å². The molecule has 0 amide bonds. The molecule has 3 heteroatoms. The summed E-state index contributed by atoms with van der Waals surface area (Å²) in [6.07, 6.45) is 2.14. The van der Waals surface area contributed by atoms with E-state index in [9.17, 15) is 4.79 Å². The second-order valence-electron chi connectivity index (χ2n) is 7.54. The van der Waals surface area contributed by atoms with Crippen LogP contribution in [0.15, 0.2) is 48.5 Å². The molecule has 0 aromatic heterocycles. The number of benzene rings is 2. The first kappa shape index (κ1) is 16.3. The Morgan fingerprint density at radius 2 is 1.96 bits per heavy atom. The first-order chi connectivity index (χ1) is 12.0. The van der Waals surface area contributed by atoms with Crippen LogP contribution in [-0.4, -0.2) is 30.5 Å². The van der Waals surface area contributed by atoms with Crippen molar-refractivity contribution < 1.29 is 9.53 Å². The minimum absolute atomic E-state index is 0.0117. The zero-order chi connectivity index (χ0) is 17.6. The highest BCUT2D eigenvalue weighted by molar-refractivity contribution is 5.69. The first-order valence-corrected chi connectivity index (χ1v) is 9.10. The van der Waals surface area contributed by atoms with E-state index < -0.39 is 0 Å². The molecule has 1 saturated heterocycles. The largest absolute Gasteiger partial charge is 0.427 e. The lowest BCUT2D eigenvalue weighted by atomic mass is 9.55. The molecule has 3 nitrogen and oxygen atoms in total. The van der Waals surface area contributed by atoms with Gasteiger partial charge in [0.25, 0.3) is 0 Å². The van der Waals surface area contributed by atoms with Crippen LogP contribution in [0.3, 0.4) is 0 Å². The van der Waals surface area contributed by atoms with Gasteiger partial charge in [0.2, 0.25) is 0 Å². The summed E-state index contributed by atoms with van der Waals surface area (Å²) < 4.78 is 5.41.